The Labute approximate surface area is 379 Å². The van der Waals surface area contributed by atoms with Crippen molar-refractivity contribution in [2.75, 3.05) is 0 Å². The second kappa shape index (κ2) is 15.2. The number of benzene rings is 8. The van der Waals surface area contributed by atoms with E-state index >= 15 is 0 Å². The number of imidazole rings is 1. The van der Waals surface area contributed by atoms with Crippen molar-refractivity contribution < 1.29 is 9.52 Å². The summed E-state index contributed by atoms with van der Waals surface area (Å²) in [5, 5.41) is 16.9. The Morgan fingerprint density at radius 1 is 0.492 bits per heavy atom. The molecule has 3 aromatic heterocycles. The maximum absolute atomic E-state index is 12.5. The average molecular weight is 844 g/mol. The van der Waals surface area contributed by atoms with Gasteiger partial charge in [-0.3, -0.25) is 9.55 Å². The van der Waals surface area contributed by atoms with Crippen LogP contribution < -0.4 is 0 Å². The summed E-state index contributed by atoms with van der Waals surface area (Å²) in [6, 6.07) is 61.9. The Balaban J connectivity index is 1.19. The molecular formula is C60H49N3O2. The third-order valence-corrected chi connectivity index (χ3v) is 12.8. The van der Waals surface area contributed by atoms with Crippen molar-refractivity contribution in [3.63, 3.8) is 0 Å². The van der Waals surface area contributed by atoms with Crippen LogP contribution in [0.15, 0.2) is 187 Å². The highest BCUT2D eigenvalue weighted by atomic mass is 16.3. The van der Waals surface area contributed by atoms with Gasteiger partial charge in [0.25, 0.3) is 0 Å². The second-order valence-electron chi connectivity index (χ2n) is 19.3. The molecule has 0 saturated heterocycles. The summed E-state index contributed by atoms with van der Waals surface area (Å²) >= 11 is 0. The quantitative estimate of drug-likeness (QED) is 0.181. The molecule has 0 spiro atoms. The molecule has 5 nitrogen and oxygen atoms in total. The fourth-order valence-corrected chi connectivity index (χ4v) is 9.35. The lowest BCUT2D eigenvalue weighted by atomic mass is 9.79. The lowest BCUT2D eigenvalue weighted by Gasteiger charge is -2.27. The molecule has 65 heavy (non-hydrogen) atoms. The van der Waals surface area contributed by atoms with Gasteiger partial charge in [-0.15, -0.1) is 0 Å². The standard InChI is InChI=1S/C60H49N3O2/c1-59(2,3)44-33-49(57(64)50(34-44)60(4,5)6)58-62-56-46(25-17-27-53(56)63(58)52-26-16-15-24-45(52)38-20-11-8-12-21-38)42-28-41(37-18-9-7-10-19-37)29-43(30-42)51-35-48-47-31-39-22-13-14-23-40(39)32-54(47)65-55(48)36-61-51/h7-36,64H,1-6H3. The predicted molar refractivity (Wildman–Crippen MR) is 270 cm³/mol. The molecule has 0 saturated carbocycles. The largest absolute Gasteiger partial charge is 0.507 e. The van der Waals surface area contributed by atoms with E-state index in [9.17, 15) is 5.11 Å². The zero-order valence-corrected chi connectivity index (χ0v) is 37.5. The van der Waals surface area contributed by atoms with Crippen molar-refractivity contribution in [1.82, 2.24) is 14.5 Å². The zero-order chi connectivity index (χ0) is 44.6. The smallest absolute Gasteiger partial charge is 0.153 e. The zero-order valence-electron chi connectivity index (χ0n) is 37.5. The fourth-order valence-electron chi connectivity index (χ4n) is 9.35. The first kappa shape index (κ1) is 40.0. The maximum Gasteiger partial charge on any atom is 0.153 e. The van der Waals surface area contributed by atoms with Gasteiger partial charge < -0.3 is 9.52 Å². The highest BCUT2D eigenvalue weighted by Gasteiger charge is 2.29. The van der Waals surface area contributed by atoms with E-state index in [0.29, 0.717) is 11.4 Å². The van der Waals surface area contributed by atoms with Crippen molar-refractivity contribution in [1.29, 1.82) is 0 Å². The van der Waals surface area contributed by atoms with Gasteiger partial charge in [-0.2, -0.15) is 0 Å². The molecular weight excluding hydrogens is 795 g/mol. The molecule has 0 aliphatic heterocycles. The fraction of sp³-hybridized carbons (Fsp3) is 0.133. The molecule has 0 fully saturated rings. The van der Waals surface area contributed by atoms with Crippen LogP contribution in [0.4, 0.5) is 0 Å². The third kappa shape index (κ3) is 7.05. The molecule has 1 N–H and O–H groups in total. The number of aromatic nitrogens is 3. The molecule has 0 aliphatic rings. The Hall–Kier alpha value is -7.76. The first-order valence-corrected chi connectivity index (χ1v) is 22.4. The van der Waals surface area contributed by atoms with Gasteiger partial charge in [-0.25, -0.2) is 4.98 Å². The van der Waals surface area contributed by atoms with E-state index < -0.39 is 0 Å². The Kier molecular flexibility index (Phi) is 9.37. The number of para-hydroxylation sites is 2. The van der Waals surface area contributed by atoms with Crippen molar-refractivity contribution in [3.8, 4) is 67.5 Å². The van der Waals surface area contributed by atoms with E-state index in [2.05, 4.69) is 216 Å². The highest BCUT2D eigenvalue weighted by molar-refractivity contribution is 6.10. The Bertz CT molecular complexity index is 3620. The van der Waals surface area contributed by atoms with Gasteiger partial charge in [0.15, 0.2) is 5.58 Å². The van der Waals surface area contributed by atoms with Crippen molar-refractivity contribution in [3.05, 3.63) is 193 Å². The number of aromatic hydroxyl groups is 1. The summed E-state index contributed by atoms with van der Waals surface area (Å²) < 4.78 is 8.63. The van der Waals surface area contributed by atoms with Gasteiger partial charge in [0, 0.05) is 33.0 Å². The van der Waals surface area contributed by atoms with Crippen LogP contribution in [0.3, 0.4) is 0 Å². The van der Waals surface area contributed by atoms with E-state index in [4.69, 9.17) is 14.4 Å². The average Bonchev–Trinajstić information content (AvgIpc) is 3.88. The molecule has 0 aliphatic carbocycles. The van der Waals surface area contributed by atoms with Crippen LogP contribution in [-0.4, -0.2) is 19.6 Å². The van der Waals surface area contributed by atoms with E-state index in [1.165, 1.54) is 5.39 Å². The summed E-state index contributed by atoms with van der Waals surface area (Å²) in [7, 11) is 0. The van der Waals surface area contributed by atoms with Crippen LogP contribution in [0.1, 0.15) is 52.7 Å². The Morgan fingerprint density at radius 3 is 1.86 bits per heavy atom. The first-order chi connectivity index (χ1) is 31.4. The minimum Gasteiger partial charge on any atom is -0.507 e. The summed E-state index contributed by atoms with van der Waals surface area (Å²) in [4.78, 5) is 10.7. The van der Waals surface area contributed by atoms with Crippen molar-refractivity contribution in [2.24, 2.45) is 0 Å². The van der Waals surface area contributed by atoms with Gasteiger partial charge in [0.2, 0.25) is 0 Å². The molecule has 0 radical (unpaired) electrons. The van der Waals surface area contributed by atoms with E-state index in [0.717, 1.165) is 99.8 Å². The molecule has 3 heterocycles. The third-order valence-electron chi connectivity index (χ3n) is 12.8. The first-order valence-electron chi connectivity index (χ1n) is 22.4. The Morgan fingerprint density at radius 2 is 1.12 bits per heavy atom. The number of furan rings is 1. The molecule has 0 atom stereocenters. The van der Waals surface area contributed by atoms with Gasteiger partial charge in [-0.1, -0.05) is 163 Å². The number of hydrogen-bond donors (Lipinski definition) is 1. The number of fused-ring (bicyclic) bond motifs is 5. The van der Waals surface area contributed by atoms with Crippen LogP contribution in [0.5, 0.6) is 5.75 Å². The van der Waals surface area contributed by atoms with Crippen LogP contribution >= 0.6 is 0 Å². The molecule has 11 aromatic rings. The summed E-state index contributed by atoms with van der Waals surface area (Å²) in [6.07, 6.45) is 1.85. The molecule has 11 rings (SSSR count). The van der Waals surface area contributed by atoms with Gasteiger partial charge in [0.1, 0.15) is 17.2 Å². The number of hydrogen-bond acceptors (Lipinski definition) is 4. The maximum atomic E-state index is 12.5. The van der Waals surface area contributed by atoms with Crippen LogP contribution in [0.2, 0.25) is 0 Å². The van der Waals surface area contributed by atoms with E-state index in [1.54, 1.807) is 0 Å². The van der Waals surface area contributed by atoms with Gasteiger partial charge in [0.05, 0.1) is 34.2 Å². The molecule has 316 valence electrons. The second-order valence-corrected chi connectivity index (χ2v) is 19.3. The number of phenolic OH excluding ortho intramolecular Hbond substituents is 1. The van der Waals surface area contributed by atoms with Gasteiger partial charge in [-0.05, 0) is 104 Å². The normalized spacial score (nSPS) is 12.2. The lowest BCUT2D eigenvalue weighted by molar-refractivity contribution is 0.446. The molecule has 0 unspecified atom stereocenters. The number of rotatable bonds is 6. The SMILES string of the molecule is CC(C)(C)c1cc(-c2nc3c(-c4cc(-c5ccccc5)cc(-c5cc6c(cn5)oc5cc7ccccc7cc56)c4)cccc3n2-c2ccccc2-c2ccccc2)c(O)c(C(C)(C)C)c1. The molecule has 0 bridgehead atoms. The minimum atomic E-state index is -0.327. The number of nitrogens with zero attached hydrogens (tertiary/aromatic N) is 3. The number of pyridine rings is 1. The minimum absolute atomic E-state index is 0.186. The van der Waals surface area contributed by atoms with Crippen LogP contribution in [0, 0.1) is 0 Å². The summed E-state index contributed by atoms with van der Waals surface area (Å²) in [6.45, 7) is 13.1. The van der Waals surface area contributed by atoms with E-state index in [-0.39, 0.29) is 16.6 Å². The van der Waals surface area contributed by atoms with Crippen LogP contribution in [-0.2, 0) is 10.8 Å². The predicted octanol–water partition coefficient (Wildman–Crippen LogP) is 16.1. The van der Waals surface area contributed by atoms with Crippen molar-refractivity contribution in [2.45, 2.75) is 52.4 Å². The summed E-state index contributed by atoms with van der Waals surface area (Å²) in [5.41, 5.74) is 14.7. The molecule has 5 heteroatoms. The topological polar surface area (TPSA) is 64.1 Å². The van der Waals surface area contributed by atoms with Gasteiger partial charge >= 0.3 is 0 Å². The van der Waals surface area contributed by atoms with Crippen molar-refractivity contribution >= 4 is 43.7 Å². The van der Waals surface area contributed by atoms with E-state index in [1.807, 2.05) is 12.3 Å². The summed E-state index contributed by atoms with van der Waals surface area (Å²) in [5.74, 6) is 0.922. The van der Waals surface area contributed by atoms with Crippen LogP contribution in [0.25, 0.3) is 105 Å². The number of phenols is 1. The lowest BCUT2D eigenvalue weighted by Crippen LogP contribution is -2.17. The molecule has 0 amide bonds. The molecule has 8 aromatic carbocycles. The monoisotopic (exact) mass is 843 g/mol. The highest BCUT2D eigenvalue weighted by Crippen LogP contribution is 2.46.